The number of urea groups is 1. The largest absolute Gasteiger partial charge is 0.352 e. The number of unbranched alkanes of at least 4 members (excludes halogenated alkanes) is 3. The van der Waals surface area contributed by atoms with Crippen molar-refractivity contribution in [2.75, 3.05) is 19.6 Å². The number of rotatable bonds is 19. The second-order valence-electron chi connectivity index (χ2n) is 8.53. The minimum absolute atomic E-state index is 0.172. The first-order valence-corrected chi connectivity index (χ1v) is 12.3. The lowest BCUT2D eigenvalue weighted by atomic mass is 10.0. The summed E-state index contributed by atoms with van der Waals surface area (Å²) in [5.74, 6) is -1.82. The molecule has 0 rings (SSSR count). The van der Waals surface area contributed by atoms with E-state index >= 15 is 0 Å². The summed E-state index contributed by atoms with van der Waals surface area (Å²) in [6, 6.07) is -2.22. The van der Waals surface area contributed by atoms with Crippen LogP contribution in [0.1, 0.15) is 71.6 Å². The van der Waals surface area contributed by atoms with Gasteiger partial charge in [0, 0.05) is 26.4 Å². The van der Waals surface area contributed by atoms with E-state index in [1.807, 2.05) is 0 Å². The molecule has 12 nitrogen and oxygen atoms in total. The number of nitrogens with zero attached hydrogens (tertiary/aromatic N) is 1. The fourth-order valence-corrected chi connectivity index (χ4v) is 3.46. The standard InChI is InChI=1S/C24H42N6O6/c1-4-22(34)30(18(3)32)16-9-5-6-13-21(33)28-20(11-7-8-14-25)23(35)29-19(17(2)31)12-10-15-27-24(26)36/h4,19-20H,1,5-16,25H2,2-3H3,(H,28,33)(H,29,35)(H3,26,27,36)/t19-,20-/m0/s1. The van der Waals surface area contributed by atoms with Crippen LogP contribution in [0.15, 0.2) is 12.7 Å². The molecule has 0 aliphatic heterocycles. The van der Waals surface area contributed by atoms with Crippen LogP contribution in [0, 0.1) is 0 Å². The van der Waals surface area contributed by atoms with Gasteiger partial charge in [-0.05, 0) is 64.5 Å². The second kappa shape index (κ2) is 19.0. The molecule has 2 atom stereocenters. The molecule has 0 saturated carbocycles. The lowest BCUT2D eigenvalue weighted by Gasteiger charge is -2.22. The summed E-state index contributed by atoms with van der Waals surface area (Å²) in [7, 11) is 0. The van der Waals surface area contributed by atoms with Crippen LogP contribution in [0.4, 0.5) is 4.79 Å². The number of hydrogen-bond acceptors (Lipinski definition) is 7. The number of primary amides is 1. The van der Waals surface area contributed by atoms with E-state index in [-0.39, 0.29) is 37.1 Å². The van der Waals surface area contributed by atoms with E-state index in [0.29, 0.717) is 57.9 Å². The number of nitrogens with one attached hydrogen (secondary N) is 3. The molecule has 0 spiro atoms. The number of amides is 6. The molecule has 0 unspecified atom stereocenters. The van der Waals surface area contributed by atoms with Gasteiger partial charge in [0.1, 0.15) is 6.04 Å². The van der Waals surface area contributed by atoms with Crippen LogP contribution in [0.25, 0.3) is 0 Å². The molecule has 0 aliphatic carbocycles. The molecule has 0 radical (unpaired) electrons. The Labute approximate surface area is 213 Å². The van der Waals surface area contributed by atoms with Gasteiger partial charge in [-0.3, -0.25) is 28.9 Å². The molecular formula is C24H42N6O6. The van der Waals surface area contributed by atoms with E-state index in [2.05, 4.69) is 22.5 Å². The van der Waals surface area contributed by atoms with Gasteiger partial charge in [0.25, 0.3) is 5.91 Å². The summed E-state index contributed by atoms with van der Waals surface area (Å²) in [6.07, 6.45) is 5.36. The zero-order chi connectivity index (χ0) is 27.5. The van der Waals surface area contributed by atoms with Gasteiger partial charge in [-0.15, -0.1) is 0 Å². The minimum Gasteiger partial charge on any atom is -0.352 e. The number of carbonyl (C=O) groups is 6. The monoisotopic (exact) mass is 510 g/mol. The fraction of sp³-hybridized carbons (Fsp3) is 0.667. The first kappa shape index (κ1) is 32.7. The average Bonchev–Trinajstić information content (AvgIpc) is 2.81. The number of Topliss-reactive ketones (excluding diaryl/α,β-unsaturated/α-hetero) is 1. The van der Waals surface area contributed by atoms with Crippen molar-refractivity contribution in [2.45, 2.75) is 83.7 Å². The summed E-state index contributed by atoms with van der Waals surface area (Å²) in [6.45, 7) is 7.02. The first-order valence-electron chi connectivity index (χ1n) is 12.3. The van der Waals surface area contributed by atoms with Crippen molar-refractivity contribution < 1.29 is 28.8 Å². The molecule has 204 valence electrons. The van der Waals surface area contributed by atoms with Crippen molar-refractivity contribution in [3.63, 3.8) is 0 Å². The Morgan fingerprint density at radius 3 is 2.11 bits per heavy atom. The van der Waals surface area contributed by atoms with Crippen molar-refractivity contribution in [2.24, 2.45) is 11.5 Å². The molecule has 0 aromatic carbocycles. The Kier molecular flexibility index (Phi) is 17.2. The molecule has 36 heavy (non-hydrogen) atoms. The van der Waals surface area contributed by atoms with Crippen LogP contribution >= 0.6 is 0 Å². The van der Waals surface area contributed by atoms with Gasteiger partial charge in [0.2, 0.25) is 17.7 Å². The highest BCUT2D eigenvalue weighted by atomic mass is 16.2. The van der Waals surface area contributed by atoms with Crippen LogP contribution < -0.4 is 27.4 Å². The quantitative estimate of drug-likeness (QED) is 0.121. The van der Waals surface area contributed by atoms with E-state index in [1.165, 1.54) is 13.8 Å². The number of imide groups is 1. The molecule has 0 fully saturated rings. The highest BCUT2D eigenvalue weighted by molar-refractivity contribution is 5.99. The van der Waals surface area contributed by atoms with Crippen LogP contribution in [0.3, 0.4) is 0 Å². The topological polar surface area (TPSA) is 194 Å². The second-order valence-corrected chi connectivity index (χ2v) is 8.53. The Hall–Kier alpha value is -3.28. The van der Waals surface area contributed by atoms with Gasteiger partial charge in [0.05, 0.1) is 6.04 Å². The Morgan fingerprint density at radius 2 is 1.56 bits per heavy atom. The van der Waals surface area contributed by atoms with Crippen molar-refractivity contribution in [3.8, 4) is 0 Å². The SMILES string of the molecule is C=CC(=O)N(CCCCCC(=O)N[C@@H](CCCCN)C(=O)N[C@@H](CCCNC(N)=O)C(C)=O)C(C)=O. The summed E-state index contributed by atoms with van der Waals surface area (Å²) in [5, 5.41) is 7.87. The Balaban J connectivity index is 4.78. The first-order chi connectivity index (χ1) is 17.0. The molecule has 7 N–H and O–H groups in total. The molecule has 0 aliphatic rings. The Bertz CT molecular complexity index is 772. The van der Waals surface area contributed by atoms with Crippen molar-refractivity contribution in [1.29, 1.82) is 0 Å². The van der Waals surface area contributed by atoms with Gasteiger partial charge >= 0.3 is 6.03 Å². The lowest BCUT2D eigenvalue weighted by Crippen LogP contribution is -2.51. The predicted molar refractivity (Wildman–Crippen MR) is 135 cm³/mol. The van der Waals surface area contributed by atoms with Crippen LogP contribution in [0.5, 0.6) is 0 Å². The molecule has 0 aromatic heterocycles. The lowest BCUT2D eigenvalue weighted by molar-refractivity contribution is -0.140. The maximum Gasteiger partial charge on any atom is 0.312 e. The van der Waals surface area contributed by atoms with Gasteiger partial charge in [-0.2, -0.15) is 0 Å². The van der Waals surface area contributed by atoms with Crippen LogP contribution in [-0.4, -0.2) is 72.1 Å². The number of hydrogen-bond donors (Lipinski definition) is 5. The molecule has 0 heterocycles. The third-order valence-electron chi connectivity index (χ3n) is 5.48. The van der Waals surface area contributed by atoms with Crippen molar-refractivity contribution >= 4 is 35.4 Å². The van der Waals surface area contributed by atoms with E-state index in [1.54, 1.807) is 0 Å². The molecule has 0 bridgehead atoms. The summed E-state index contributed by atoms with van der Waals surface area (Å²) in [4.78, 5) is 72.4. The number of carbonyl (C=O) groups excluding carboxylic acids is 6. The zero-order valence-corrected chi connectivity index (χ0v) is 21.5. The van der Waals surface area contributed by atoms with E-state index < -0.39 is 29.9 Å². The number of ketones is 1. The highest BCUT2D eigenvalue weighted by Crippen LogP contribution is 2.07. The van der Waals surface area contributed by atoms with Gasteiger partial charge < -0.3 is 27.4 Å². The third-order valence-corrected chi connectivity index (χ3v) is 5.48. The maximum absolute atomic E-state index is 12.9. The normalized spacial score (nSPS) is 12.1. The molecule has 12 heteroatoms. The summed E-state index contributed by atoms with van der Waals surface area (Å²) < 4.78 is 0. The van der Waals surface area contributed by atoms with E-state index in [9.17, 15) is 28.8 Å². The average molecular weight is 511 g/mol. The van der Waals surface area contributed by atoms with Gasteiger partial charge in [-0.25, -0.2) is 4.79 Å². The van der Waals surface area contributed by atoms with Crippen molar-refractivity contribution in [1.82, 2.24) is 20.9 Å². The minimum atomic E-state index is -0.812. The van der Waals surface area contributed by atoms with Gasteiger partial charge in [-0.1, -0.05) is 13.0 Å². The van der Waals surface area contributed by atoms with Crippen molar-refractivity contribution in [3.05, 3.63) is 12.7 Å². The zero-order valence-electron chi connectivity index (χ0n) is 21.5. The fourth-order valence-electron chi connectivity index (χ4n) is 3.46. The Morgan fingerprint density at radius 1 is 0.889 bits per heavy atom. The molecule has 6 amide bonds. The van der Waals surface area contributed by atoms with Crippen LogP contribution in [-0.2, 0) is 24.0 Å². The van der Waals surface area contributed by atoms with E-state index in [0.717, 1.165) is 11.0 Å². The smallest absolute Gasteiger partial charge is 0.312 e. The number of nitrogens with two attached hydrogens (primary N) is 2. The molecule has 0 saturated heterocycles. The summed E-state index contributed by atoms with van der Waals surface area (Å²) in [5.41, 5.74) is 10.6. The summed E-state index contributed by atoms with van der Waals surface area (Å²) >= 11 is 0. The predicted octanol–water partition coefficient (Wildman–Crippen LogP) is 0.244. The van der Waals surface area contributed by atoms with Crippen LogP contribution in [0.2, 0.25) is 0 Å². The molecule has 0 aromatic rings. The third kappa shape index (κ3) is 14.9. The highest BCUT2D eigenvalue weighted by Gasteiger charge is 2.24. The molecular weight excluding hydrogens is 468 g/mol. The van der Waals surface area contributed by atoms with E-state index in [4.69, 9.17) is 11.5 Å². The van der Waals surface area contributed by atoms with Gasteiger partial charge in [0.15, 0.2) is 5.78 Å². The maximum atomic E-state index is 12.9.